The third-order valence-corrected chi connectivity index (χ3v) is 7.71. The highest BCUT2D eigenvalue weighted by Gasteiger charge is 2.54. The van der Waals surface area contributed by atoms with E-state index in [-0.39, 0.29) is 29.9 Å². The van der Waals surface area contributed by atoms with Gasteiger partial charge >= 0.3 is 0 Å². The smallest absolute Gasteiger partial charge is 0.166 e. The molecule has 0 bridgehead atoms. The minimum Gasteiger partial charge on any atom is -0.371 e. The van der Waals surface area contributed by atoms with Gasteiger partial charge in [-0.25, -0.2) is 19.3 Å². The first-order valence-electron chi connectivity index (χ1n) is 12.8. The van der Waals surface area contributed by atoms with Crippen LogP contribution in [0, 0.1) is 11.7 Å². The summed E-state index contributed by atoms with van der Waals surface area (Å²) in [5.41, 5.74) is 4.02. The Morgan fingerprint density at radius 2 is 1.97 bits per heavy atom. The predicted molar refractivity (Wildman–Crippen MR) is 137 cm³/mol. The molecule has 0 unspecified atom stereocenters. The number of pyridine rings is 1. The minimum atomic E-state index is -0.612. The van der Waals surface area contributed by atoms with Crippen molar-refractivity contribution < 1.29 is 13.9 Å². The van der Waals surface area contributed by atoms with Gasteiger partial charge in [-0.05, 0) is 69.2 Å². The first-order valence-corrected chi connectivity index (χ1v) is 12.8. The summed E-state index contributed by atoms with van der Waals surface area (Å²) in [7, 11) is 1.68. The number of benzene rings is 1. The molecule has 1 aliphatic heterocycles. The molecule has 1 saturated carbocycles. The molecule has 1 aliphatic carbocycles. The monoisotopic (exact) mass is 489 g/mol. The molecule has 0 spiro atoms. The van der Waals surface area contributed by atoms with E-state index in [4.69, 9.17) is 9.47 Å². The van der Waals surface area contributed by atoms with Crippen LogP contribution in [0.5, 0.6) is 0 Å². The summed E-state index contributed by atoms with van der Waals surface area (Å²) >= 11 is 0. The molecule has 1 N–H and O–H groups in total. The number of ether oxygens (including phenoxy) is 2. The number of hydrogen-bond donors (Lipinski definition) is 1. The number of aromatic nitrogens is 4. The maximum absolute atomic E-state index is 14.1. The first-order chi connectivity index (χ1) is 17.4. The summed E-state index contributed by atoms with van der Waals surface area (Å²) in [5, 5.41) is 4.74. The van der Waals surface area contributed by atoms with Crippen LogP contribution in [0.25, 0.3) is 21.9 Å². The van der Waals surface area contributed by atoms with Crippen LogP contribution in [0.1, 0.15) is 50.9 Å². The van der Waals surface area contributed by atoms with Gasteiger partial charge in [-0.1, -0.05) is 19.1 Å². The molecule has 3 aromatic heterocycles. The average Bonchev–Trinajstić information content (AvgIpc) is 3.52. The fraction of sp³-hybridized carbons (Fsp3) is 0.464. The summed E-state index contributed by atoms with van der Waals surface area (Å²) in [6, 6.07) is 9.91. The van der Waals surface area contributed by atoms with Crippen molar-refractivity contribution in [1.29, 1.82) is 0 Å². The summed E-state index contributed by atoms with van der Waals surface area (Å²) < 4.78 is 29.3. The minimum absolute atomic E-state index is 0.0264. The number of fused-ring (bicyclic) bond motifs is 3. The van der Waals surface area contributed by atoms with Crippen molar-refractivity contribution in [3.05, 3.63) is 59.9 Å². The Kier molecular flexibility index (Phi) is 5.68. The van der Waals surface area contributed by atoms with E-state index in [2.05, 4.69) is 56.2 Å². The zero-order valence-corrected chi connectivity index (χ0v) is 21.2. The molecule has 1 aromatic carbocycles. The molecule has 188 valence electrons. The zero-order chi connectivity index (χ0) is 25.0. The van der Waals surface area contributed by atoms with Crippen molar-refractivity contribution in [3.63, 3.8) is 0 Å². The maximum atomic E-state index is 14.1. The molecule has 2 fully saturated rings. The Hall–Kier alpha value is -3.10. The van der Waals surface area contributed by atoms with E-state index in [9.17, 15) is 4.39 Å². The van der Waals surface area contributed by atoms with Crippen molar-refractivity contribution >= 4 is 27.8 Å². The largest absolute Gasteiger partial charge is 0.371 e. The second-order valence-corrected chi connectivity index (χ2v) is 10.4. The van der Waals surface area contributed by atoms with Crippen molar-refractivity contribution in [2.45, 2.75) is 70.5 Å². The summed E-state index contributed by atoms with van der Waals surface area (Å²) in [6.45, 7) is 6.12. The zero-order valence-electron chi connectivity index (χ0n) is 21.2. The van der Waals surface area contributed by atoms with Crippen LogP contribution < -0.4 is 5.32 Å². The van der Waals surface area contributed by atoms with Gasteiger partial charge < -0.3 is 19.4 Å². The molecule has 4 atom stereocenters. The summed E-state index contributed by atoms with van der Waals surface area (Å²) in [6.07, 6.45) is 7.49. The summed E-state index contributed by atoms with van der Waals surface area (Å²) in [5.74, 6) is -0.333. The van der Waals surface area contributed by atoms with E-state index in [1.807, 2.05) is 19.9 Å². The molecular formula is C28H32FN5O2. The molecule has 1 saturated heterocycles. The van der Waals surface area contributed by atoms with Crippen LogP contribution in [0.2, 0.25) is 0 Å². The highest BCUT2D eigenvalue weighted by molar-refractivity contribution is 5.81. The Bertz CT molecular complexity index is 1430. The van der Waals surface area contributed by atoms with Gasteiger partial charge in [0.1, 0.15) is 18.1 Å². The number of nitrogens with zero attached hydrogens (tertiary/aromatic N) is 4. The van der Waals surface area contributed by atoms with E-state index in [0.717, 1.165) is 53.3 Å². The second-order valence-electron chi connectivity index (χ2n) is 10.4. The van der Waals surface area contributed by atoms with Crippen molar-refractivity contribution in [2.24, 2.45) is 5.92 Å². The van der Waals surface area contributed by atoms with E-state index >= 15 is 0 Å². The van der Waals surface area contributed by atoms with E-state index < -0.39 is 5.79 Å². The Balaban J connectivity index is 1.26. The van der Waals surface area contributed by atoms with Crippen LogP contribution >= 0.6 is 0 Å². The number of nitrogens with one attached hydrogen (secondary N) is 1. The number of hydrogen-bond acceptors (Lipinski definition) is 6. The number of anilines is 1. The Labute approximate surface area is 210 Å². The average molecular weight is 490 g/mol. The van der Waals surface area contributed by atoms with Gasteiger partial charge in [-0.2, -0.15) is 0 Å². The third-order valence-electron chi connectivity index (χ3n) is 7.71. The van der Waals surface area contributed by atoms with Gasteiger partial charge in [-0.15, -0.1) is 0 Å². The lowest BCUT2D eigenvalue weighted by Crippen LogP contribution is -2.27. The van der Waals surface area contributed by atoms with E-state index in [0.29, 0.717) is 5.92 Å². The fourth-order valence-corrected chi connectivity index (χ4v) is 6.05. The van der Waals surface area contributed by atoms with Gasteiger partial charge in [-0.3, -0.25) is 0 Å². The predicted octanol–water partition coefficient (Wildman–Crippen LogP) is 5.44. The molecular weight excluding hydrogens is 457 g/mol. The van der Waals surface area contributed by atoms with Gasteiger partial charge in [0, 0.05) is 24.0 Å². The van der Waals surface area contributed by atoms with Crippen LogP contribution in [0.15, 0.2) is 42.9 Å². The highest BCUT2D eigenvalue weighted by atomic mass is 19.1. The molecule has 0 amide bonds. The number of halogens is 1. The van der Waals surface area contributed by atoms with Gasteiger partial charge in [0.25, 0.3) is 0 Å². The number of rotatable bonds is 6. The van der Waals surface area contributed by atoms with E-state index in [1.54, 1.807) is 13.4 Å². The van der Waals surface area contributed by atoms with Gasteiger partial charge in [0.15, 0.2) is 17.4 Å². The first kappa shape index (κ1) is 23.3. The van der Waals surface area contributed by atoms with Crippen LogP contribution in [-0.4, -0.2) is 44.6 Å². The number of aryl methyl sites for hydroxylation is 2. The lowest BCUT2D eigenvalue weighted by Gasteiger charge is -2.24. The lowest BCUT2D eigenvalue weighted by atomic mass is 9.95. The topological polar surface area (TPSA) is 74.1 Å². The van der Waals surface area contributed by atoms with Crippen LogP contribution in [0.3, 0.4) is 0 Å². The normalized spacial score (nSPS) is 25.0. The molecule has 6 rings (SSSR count). The molecule has 7 nitrogen and oxygen atoms in total. The van der Waals surface area contributed by atoms with Crippen LogP contribution in [0.4, 0.5) is 10.2 Å². The van der Waals surface area contributed by atoms with Crippen molar-refractivity contribution in [2.75, 3.05) is 12.4 Å². The summed E-state index contributed by atoms with van der Waals surface area (Å²) in [4.78, 5) is 13.5. The lowest BCUT2D eigenvalue weighted by molar-refractivity contribution is -0.160. The highest BCUT2D eigenvalue weighted by Crippen LogP contribution is 2.49. The third kappa shape index (κ3) is 3.92. The maximum Gasteiger partial charge on any atom is 0.166 e. The molecule has 4 aromatic rings. The van der Waals surface area contributed by atoms with Crippen molar-refractivity contribution in [3.8, 4) is 0 Å². The fourth-order valence-electron chi connectivity index (χ4n) is 6.05. The SMILES string of the molecule is CCc1ncnc2c1ccn2[C@@H]1C[C@H](CCc2ccc3cc(F)c(NC)nc3c2)[C@H]2OC(C)(C)O[C@H]21. The Morgan fingerprint density at radius 1 is 1.14 bits per heavy atom. The van der Waals surface area contributed by atoms with Gasteiger partial charge in [0.2, 0.25) is 0 Å². The Morgan fingerprint density at radius 3 is 2.78 bits per heavy atom. The molecule has 2 aliphatic rings. The van der Waals surface area contributed by atoms with Crippen molar-refractivity contribution in [1.82, 2.24) is 19.5 Å². The van der Waals surface area contributed by atoms with E-state index in [1.165, 1.54) is 11.6 Å². The van der Waals surface area contributed by atoms with Gasteiger partial charge in [0.05, 0.1) is 23.4 Å². The quantitative estimate of drug-likeness (QED) is 0.389. The molecule has 8 heteroatoms. The molecule has 4 heterocycles. The second kappa shape index (κ2) is 8.78. The molecule has 36 heavy (non-hydrogen) atoms. The molecule has 0 radical (unpaired) electrons. The van der Waals surface area contributed by atoms with Crippen LogP contribution in [-0.2, 0) is 22.3 Å². The standard InChI is InChI=1S/C28H32FN5O2/c1-5-21-19-10-11-34(27(19)32-15-31-21)23-14-18(24-25(23)36-28(2,3)35-24)9-7-16-6-8-17-13-20(29)26(30-4)33-22(17)12-16/h6,8,10-13,15,18,23-25H,5,7,9,14H2,1-4H3,(H,30,33)/t18-,23+,24+,25-/m0/s1.